The molecule has 11 nitrogen and oxygen atoms in total. The molecule has 2 fully saturated rings. The molecule has 250 valence electrons. The number of aryl methyl sites for hydroxylation is 1. The number of ether oxygens (including phenoxy) is 1. The predicted octanol–water partition coefficient (Wildman–Crippen LogP) is 5.77. The number of sulfonamides is 1. The van der Waals surface area contributed by atoms with Crippen molar-refractivity contribution in [3.05, 3.63) is 102 Å². The number of benzene rings is 2. The molecule has 2 amide bonds. The highest BCUT2D eigenvalue weighted by Gasteiger charge is 2.30. The monoisotopic (exact) mass is 672 g/mol. The van der Waals surface area contributed by atoms with E-state index in [1.54, 1.807) is 53.7 Å². The zero-order valence-corrected chi connectivity index (χ0v) is 27.4. The Balaban J connectivity index is 1.03. The van der Waals surface area contributed by atoms with Gasteiger partial charge < -0.3 is 10.1 Å². The number of amides is 2. The number of hydrogen-bond acceptors (Lipinski definition) is 8. The van der Waals surface area contributed by atoms with Crippen molar-refractivity contribution in [2.45, 2.75) is 50.1 Å². The van der Waals surface area contributed by atoms with Gasteiger partial charge in [-0.05, 0) is 79.9 Å². The van der Waals surface area contributed by atoms with E-state index < -0.39 is 15.8 Å². The van der Waals surface area contributed by atoms with Crippen LogP contribution in [0, 0.1) is 12.7 Å². The number of carbonyl (C=O) groups excluding carboxylic acids is 2. The van der Waals surface area contributed by atoms with Crippen molar-refractivity contribution in [2.75, 3.05) is 36.4 Å². The SMILES string of the molecule is Cc1ccc(NC(=O)N(c2cccc(F)c2)C2CCN(Cc3ccc(Oc4ccc(S(=O)(=O)N5CCC(=O)CC5)cc4)nc3)CC2)cn1. The second-order valence-corrected chi connectivity index (χ2v) is 13.9. The van der Waals surface area contributed by atoms with Crippen LogP contribution in [0.25, 0.3) is 0 Å². The summed E-state index contributed by atoms with van der Waals surface area (Å²) in [4.78, 5) is 37.8. The van der Waals surface area contributed by atoms with Gasteiger partial charge in [0.1, 0.15) is 17.3 Å². The molecule has 2 saturated heterocycles. The van der Waals surface area contributed by atoms with Crippen LogP contribution in [-0.2, 0) is 21.4 Å². The minimum Gasteiger partial charge on any atom is -0.439 e. The van der Waals surface area contributed by atoms with Gasteiger partial charge in [0, 0.05) is 75.3 Å². The molecule has 0 spiro atoms. The number of likely N-dealkylation sites (tertiary alicyclic amines) is 1. The Kier molecular flexibility index (Phi) is 10.1. The first-order valence-electron chi connectivity index (χ1n) is 15.9. The molecule has 0 saturated carbocycles. The largest absolute Gasteiger partial charge is 0.439 e. The number of carbonyl (C=O) groups is 2. The first-order chi connectivity index (χ1) is 23.1. The molecule has 0 atom stereocenters. The zero-order chi connectivity index (χ0) is 33.7. The second kappa shape index (κ2) is 14.6. The van der Waals surface area contributed by atoms with Crippen LogP contribution in [0.15, 0.2) is 90.1 Å². The number of pyridine rings is 2. The minimum absolute atomic E-state index is 0.0798. The quantitative estimate of drug-likeness (QED) is 0.238. The first-order valence-corrected chi connectivity index (χ1v) is 17.3. The highest BCUT2D eigenvalue weighted by Crippen LogP contribution is 2.28. The number of anilines is 2. The molecule has 0 bridgehead atoms. The van der Waals surface area contributed by atoms with Gasteiger partial charge in [-0.2, -0.15) is 4.31 Å². The van der Waals surface area contributed by atoms with E-state index in [0.29, 0.717) is 42.4 Å². The standard InChI is InChI=1S/C35H37FN6O5S/c1-25-5-7-28(23-37-25)39-35(44)42(30-4-2-3-27(36)21-30)29-13-17-40(18-14-29)24-26-6-12-34(38-22-26)47-32-8-10-33(11-9-32)48(45,46)41-19-15-31(43)16-20-41/h2-12,21-23,29H,13-20,24H2,1H3,(H,39,44). The summed E-state index contributed by atoms with van der Waals surface area (Å²) < 4.78 is 47.2. The normalized spacial score (nSPS) is 16.4. The van der Waals surface area contributed by atoms with Gasteiger partial charge in [0.25, 0.3) is 0 Å². The average Bonchev–Trinajstić information content (AvgIpc) is 3.08. The zero-order valence-electron chi connectivity index (χ0n) is 26.6. The molecule has 13 heteroatoms. The fourth-order valence-electron chi connectivity index (χ4n) is 5.93. The number of piperidine rings is 2. The number of halogens is 1. The topological polar surface area (TPSA) is 125 Å². The van der Waals surface area contributed by atoms with Crippen LogP contribution in [0.1, 0.15) is 36.9 Å². The van der Waals surface area contributed by atoms with Crippen molar-refractivity contribution in [1.82, 2.24) is 19.2 Å². The molecule has 2 aliphatic rings. The van der Waals surface area contributed by atoms with Crippen molar-refractivity contribution < 1.29 is 27.1 Å². The maximum Gasteiger partial charge on any atom is 0.326 e. The number of hydrogen-bond donors (Lipinski definition) is 1. The summed E-state index contributed by atoms with van der Waals surface area (Å²) in [5.41, 5.74) is 2.91. The number of nitrogens with zero attached hydrogens (tertiary/aromatic N) is 5. The van der Waals surface area contributed by atoms with Gasteiger partial charge in [-0.25, -0.2) is 22.6 Å². The molecule has 0 unspecified atom stereocenters. The predicted molar refractivity (Wildman–Crippen MR) is 179 cm³/mol. The molecule has 4 heterocycles. The van der Waals surface area contributed by atoms with Gasteiger partial charge in [0.2, 0.25) is 15.9 Å². The van der Waals surface area contributed by atoms with Gasteiger partial charge in [0.05, 0.1) is 16.8 Å². The Hall–Kier alpha value is -4.72. The van der Waals surface area contributed by atoms with Crippen LogP contribution in [0.2, 0.25) is 0 Å². The fraction of sp³-hybridized carbons (Fsp3) is 0.314. The van der Waals surface area contributed by atoms with Crippen molar-refractivity contribution in [3.63, 3.8) is 0 Å². The molecule has 6 rings (SSSR count). The molecule has 2 aliphatic heterocycles. The number of ketones is 1. The summed E-state index contributed by atoms with van der Waals surface area (Å²) in [6.45, 7) is 4.40. The van der Waals surface area contributed by atoms with Crippen LogP contribution in [0.4, 0.5) is 20.6 Å². The molecule has 2 aromatic carbocycles. The lowest BCUT2D eigenvalue weighted by molar-refractivity contribution is -0.120. The first kappa shape index (κ1) is 33.2. The number of Topliss-reactive ketones (excluding diaryl/α,β-unsaturated/α-hetero) is 1. The number of urea groups is 1. The van der Waals surface area contributed by atoms with Crippen molar-refractivity contribution >= 4 is 33.2 Å². The highest BCUT2D eigenvalue weighted by atomic mass is 32.2. The minimum atomic E-state index is -3.67. The van der Waals surface area contributed by atoms with Gasteiger partial charge in [0.15, 0.2) is 0 Å². The summed E-state index contributed by atoms with van der Waals surface area (Å²) in [6.07, 6.45) is 5.23. The van der Waals surface area contributed by atoms with Crippen molar-refractivity contribution in [2.24, 2.45) is 0 Å². The van der Waals surface area contributed by atoms with Gasteiger partial charge in [-0.3, -0.25) is 19.6 Å². The number of aromatic nitrogens is 2. The third-order valence-corrected chi connectivity index (χ3v) is 10.5. The number of rotatable bonds is 9. The van der Waals surface area contributed by atoms with Crippen LogP contribution in [-0.4, -0.2) is 71.6 Å². The Labute approximate surface area is 279 Å². The summed E-state index contributed by atoms with van der Waals surface area (Å²) >= 11 is 0. The Morgan fingerprint density at radius 2 is 1.71 bits per heavy atom. The molecule has 0 aliphatic carbocycles. The van der Waals surface area contributed by atoms with E-state index in [1.165, 1.54) is 28.6 Å². The fourth-order valence-corrected chi connectivity index (χ4v) is 7.37. The lowest BCUT2D eigenvalue weighted by Crippen LogP contribution is -2.49. The lowest BCUT2D eigenvalue weighted by atomic mass is 10.0. The van der Waals surface area contributed by atoms with Crippen LogP contribution in [0.5, 0.6) is 11.6 Å². The Morgan fingerprint density at radius 3 is 2.35 bits per heavy atom. The molecule has 48 heavy (non-hydrogen) atoms. The molecular formula is C35H37FN6O5S. The van der Waals surface area contributed by atoms with Crippen LogP contribution in [0.3, 0.4) is 0 Å². The van der Waals surface area contributed by atoms with Gasteiger partial charge in [-0.15, -0.1) is 0 Å². The summed E-state index contributed by atoms with van der Waals surface area (Å²) in [7, 11) is -3.67. The van der Waals surface area contributed by atoms with E-state index in [9.17, 15) is 22.4 Å². The van der Waals surface area contributed by atoms with Gasteiger partial charge in [-0.1, -0.05) is 12.1 Å². The maximum atomic E-state index is 14.2. The summed E-state index contributed by atoms with van der Waals surface area (Å²) in [6, 6.07) is 19.1. The summed E-state index contributed by atoms with van der Waals surface area (Å²) in [5.74, 6) is 0.507. The molecule has 4 aromatic rings. The third kappa shape index (κ3) is 8.04. The third-order valence-electron chi connectivity index (χ3n) is 8.56. The Morgan fingerprint density at radius 1 is 0.958 bits per heavy atom. The lowest BCUT2D eigenvalue weighted by Gasteiger charge is -2.38. The summed E-state index contributed by atoms with van der Waals surface area (Å²) in [5, 5.41) is 2.91. The molecule has 1 N–H and O–H groups in total. The van der Waals surface area contributed by atoms with Crippen molar-refractivity contribution in [1.29, 1.82) is 0 Å². The van der Waals surface area contributed by atoms with E-state index in [1.807, 2.05) is 19.1 Å². The number of nitrogens with one attached hydrogen (secondary N) is 1. The molecular weight excluding hydrogens is 635 g/mol. The molecule has 2 aromatic heterocycles. The smallest absolute Gasteiger partial charge is 0.326 e. The van der Waals surface area contributed by atoms with Gasteiger partial charge >= 0.3 is 6.03 Å². The Bertz CT molecular complexity index is 1840. The molecule has 0 radical (unpaired) electrons. The maximum absolute atomic E-state index is 14.2. The van der Waals surface area contributed by atoms with E-state index in [4.69, 9.17) is 4.74 Å². The highest BCUT2D eigenvalue weighted by molar-refractivity contribution is 7.89. The van der Waals surface area contributed by atoms with Crippen LogP contribution < -0.4 is 15.0 Å². The van der Waals surface area contributed by atoms with E-state index >= 15 is 0 Å². The van der Waals surface area contributed by atoms with Crippen LogP contribution >= 0.6 is 0 Å². The van der Waals surface area contributed by atoms with Crippen molar-refractivity contribution in [3.8, 4) is 11.6 Å². The van der Waals surface area contributed by atoms with E-state index in [-0.39, 0.29) is 48.7 Å². The average molecular weight is 673 g/mol. The van der Waals surface area contributed by atoms with E-state index in [2.05, 4.69) is 20.2 Å². The second-order valence-electron chi connectivity index (χ2n) is 12.0. The van der Waals surface area contributed by atoms with E-state index in [0.717, 1.165) is 24.3 Å².